The molecule has 0 fully saturated rings. The Hall–Kier alpha value is -1.43. The molecule has 0 unspecified atom stereocenters. The molecule has 0 aromatic heterocycles. The highest BCUT2D eigenvalue weighted by molar-refractivity contribution is 9.10. The van der Waals surface area contributed by atoms with E-state index in [-0.39, 0.29) is 15.7 Å². The molecule has 0 radical (unpaired) electrons. The maximum Gasteiger partial charge on any atom is 0.286 e. The topological polar surface area (TPSA) is 86.2 Å². The first-order valence-electron chi connectivity index (χ1n) is 3.68. The minimum absolute atomic E-state index is 0.0463. The quantitative estimate of drug-likeness (QED) is 0.648. The molecule has 0 saturated heterocycles. The molecule has 2 N–H and O–H groups in total. The average Bonchev–Trinajstić information content (AvgIpc) is 2.01. The van der Waals surface area contributed by atoms with Gasteiger partial charge in [0.1, 0.15) is 0 Å². The van der Waals surface area contributed by atoms with Crippen LogP contribution in [0.25, 0.3) is 0 Å². The summed E-state index contributed by atoms with van der Waals surface area (Å²) in [4.78, 5) is 20.9. The summed E-state index contributed by atoms with van der Waals surface area (Å²) >= 11 is 3.02. The third-order valence-corrected chi connectivity index (χ3v) is 2.33. The molecule has 0 heterocycles. The number of amides is 1. The van der Waals surface area contributed by atoms with E-state index in [9.17, 15) is 14.9 Å². The van der Waals surface area contributed by atoms with Crippen LogP contribution >= 0.6 is 15.9 Å². The zero-order chi connectivity index (χ0) is 10.9. The predicted octanol–water partition coefficient (Wildman–Crippen LogP) is 1.76. The molecular weight excluding hydrogens is 252 g/mol. The van der Waals surface area contributed by atoms with Crippen molar-refractivity contribution in [3.63, 3.8) is 0 Å². The Kier molecular flexibility index (Phi) is 2.85. The van der Waals surface area contributed by atoms with Crippen LogP contribution in [0.1, 0.15) is 15.9 Å². The Bertz CT molecular complexity index is 394. The number of nitrogens with zero attached hydrogens (tertiary/aromatic N) is 1. The molecule has 0 spiro atoms. The number of aryl methyl sites for hydroxylation is 1. The Balaban J connectivity index is 3.39. The molecule has 0 atom stereocenters. The van der Waals surface area contributed by atoms with E-state index >= 15 is 0 Å². The van der Waals surface area contributed by atoms with Gasteiger partial charge in [-0.1, -0.05) is 0 Å². The van der Waals surface area contributed by atoms with Crippen molar-refractivity contribution in [1.82, 2.24) is 0 Å². The van der Waals surface area contributed by atoms with Crippen LogP contribution in [0.4, 0.5) is 5.69 Å². The first-order valence-corrected chi connectivity index (χ1v) is 4.47. The summed E-state index contributed by atoms with van der Waals surface area (Å²) < 4.78 is 0.260. The molecule has 0 aliphatic carbocycles. The number of nitrogens with two attached hydrogens (primary N) is 1. The SMILES string of the molecule is Cc1cc(C(N)=O)cc(Br)c1[N+](=O)[O-]. The molecular formula is C8H7BrN2O3. The van der Waals surface area contributed by atoms with Crippen molar-refractivity contribution in [2.24, 2.45) is 5.73 Å². The number of carbonyl (C=O) groups excluding carboxylic acids is 1. The standard InChI is InChI=1S/C8H7BrN2O3/c1-4-2-5(8(10)12)3-6(9)7(4)11(13)14/h2-3H,1H3,(H2,10,12). The van der Waals surface area contributed by atoms with Crippen LogP contribution < -0.4 is 5.73 Å². The highest BCUT2D eigenvalue weighted by atomic mass is 79.9. The van der Waals surface area contributed by atoms with E-state index in [0.29, 0.717) is 5.56 Å². The van der Waals surface area contributed by atoms with Crippen molar-refractivity contribution in [3.05, 3.63) is 37.8 Å². The van der Waals surface area contributed by atoms with Gasteiger partial charge < -0.3 is 5.73 Å². The van der Waals surface area contributed by atoms with E-state index in [4.69, 9.17) is 5.73 Å². The zero-order valence-electron chi connectivity index (χ0n) is 7.28. The third kappa shape index (κ3) is 1.90. The number of halogens is 1. The number of rotatable bonds is 2. The van der Waals surface area contributed by atoms with Crippen LogP contribution in [0.5, 0.6) is 0 Å². The Labute approximate surface area is 88.2 Å². The molecule has 6 heteroatoms. The van der Waals surface area contributed by atoms with Gasteiger partial charge in [0, 0.05) is 11.1 Å². The van der Waals surface area contributed by atoms with Crippen molar-refractivity contribution >= 4 is 27.5 Å². The first-order chi connectivity index (χ1) is 6.43. The summed E-state index contributed by atoms with van der Waals surface area (Å²) in [7, 11) is 0. The van der Waals surface area contributed by atoms with Crippen LogP contribution in [-0.4, -0.2) is 10.8 Å². The summed E-state index contributed by atoms with van der Waals surface area (Å²) in [5.41, 5.74) is 5.65. The van der Waals surface area contributed by atoms with E-state index in [0.717, 1.165) is 0 Å². The van der Waals surface area contributed by atoms with E-state index in [1.807, 2.05) is 0 Å². The highest BCUT2D eigenvalue weighted by Gasteiger charge is 2.17. The molecule has 0 aliphatic heterocycles. The van der Waals surface area contributed by atoms with Gasteiger partial charge in [-0.05, 0) is 35.0 Å². The fourth-order valence-electron chi connectivity index (χ4n) is 1.11. The van der Waals surface area contributed by atoms with E-state index in [1.165, 1.54) is 12.1 Å². The lowest BCUT2D eigenvalue weighted by Gasteiger charge is -2.02. The number of carbonyl (C=O) groups is 1. The monoisotopic (exact) mass is 258 g/mol. The van der Waals surface area contributed by atoms with Crippen LogP contribution in [0.2, 0.25) is 0 Å². The lowest BCUT2D eigenvalue weighted by molar-refractivity contribution is -0.386. The molecule has 1 rings (SSSR count). The van der Waals surface area contributed by atoms with E-state index in [1.54, 1.807) is 6.92 Å². The fraction of sp³-hybridized carbons (Fsp3) is 0.125. The predicted molar refractivity (Wildman–Crippen MR) is 54.1 cm³/mol. The van der Waals surface area contributed by atoms with Gasteiger partial charge in [0.05, 0.1) is 9.40 Å². The van der Waals surface area contributed by atoms with Crippen molar-refractivity contribution in [2.45, 2.75) is 6.92 Å². The second-order valence-corrected chi connectivity index (χ2v) is 3.60. The van der Waals surface area contributed by atoms with Gasteiger partial charge in [0.2, 0.25) is 5.91 Å². The van der Waals surface area contributed by atoms with Gasteiger partial charge in [-0.15, -0.1) is 0 Å². The minimum atomic E-state index is -0.608. The Morgan fingerprint density at radius 3 is 2.50 bits per heavy atom. The number of hydrogen-bond donors (Lipinski definition) is 1. The molecule has 1 amide bonds. The second kappa shape index (κ2) is 3.75. The third-order valence-electron chi connectivity index (χ3n) is 1.72. The molecule has 0 bridgehead atoms. The van der Waals surface area contributed by atoms with E-state index in [2.05, 4.69) is 15.9 Å². The number of nitro groups is 1. The summed E-state index contributed by atoms with van der Waals surface area (Å²) in [5.74, 6) is -0.608. The normalized spacial score (nSPS) is 9.86. The molecule has 5 nitrogen and oxygen atoms in total. The minimum Gasteiger partial charge on any atom is -0.366 e. The van der Waals surface area contributed by atoms with Gasteiger partial charge in [-0.25, -0.2) is 0 Å². The van der Waals surface area contributed by atoms with Crippen LogP contribution in [0.3, 0.4) is 0 Å². The van der Waals surface area contributed by atoms with Crippen molar-refractivity contribution in [3.8, 4) is 0 Å². The molecule has 1 aromatic rings. The molecule has 0 aliphatic rings. The molecule has 0 saturated carbocycles. The van der Waals surface area contributed by atoms with Gasteiger partial charge in [0.25, 0.3) is 5.69 Å². The lowest BCUT2D eigenvalue weighted by Crippen LogP contribution is -2.11. The Morgan fingerprint density at radius 2 is 2.14 bits per heavy atom. The molecule has 74 valence electrons. The number of benzene rings is 1. The molecule has 14 heavy (non-hydrogen) atoms. The van der Waals surface area contributed by atoms with Gasteiger partial charge >= 0.3 is 0 Å². The van der Waals surface area contributed by atoms with Gasteiger partial charge in [0.15, 0.2) is 0 Å². The summed E-state index contributed by atoms with van der Waals surface area (Å²) in [6.07, 6.45) is 0. The highest BCUT2D eigenvalue weighted by Crippen LogP contribution is 2.29. The second-order valence-electron chi connectivity index (χ2n) is 2.74. The summed E-state index contributed by atoms with van der Waals surface area (Å²) in [5, 5.41) is 10.6. The fourth-order valence-corrected chi connectivity index (χ4v) is 1.81. The largest absolute Gasteiger partial charge is 0.366 e. The number of nitro benzene ring substituents is 1. The van der Waals surface area contributed by atoms with Gasteiger partial charge in [-0.3, -0.25) is 14.9 Å². The summed E-state index contributed by atoms with van der Waals surface area (Å²) in [6, 6.07) is 2.73. The van der Waals surface area contributed by atoms with Crippen LogP contribution in [-0.2, 0) is 0 Å². The van der Waals surface area contributed by atoms with Gasteiger partial charge in [-0.2, -0.15) is 0 Å². The number of hydrogen-bond acceptors (Lipinski definition) is 3. The maximum absolute atomic E-state index is 10.8. The number of primary amides is 1. The smallest absolute Gasteiger partial charge is 0.286 e. The van der Waals surface area contributed by atoms with Crippen LogP contribution in [0, 0.1) is 17.0 Å². The first kappa shape index (κ1) is 10.6. The van der Waals surface area contributed by atoms with Crippen molar-refractivity contribution in [1.29, 1.82) is 0 Å². The lowest BCUT2D eigenvalue weighted by atomic mass is 10.1. The maximum atomic E-state index is 10.8. The van der Waals surface area contributed by atoms with Crippen molar-refractivity contribution in [2.75, 3.05) is 0 Å². The Morgan fingerprint density at radius 1 is 1.57 bits per heavy atom. The molecule has 1 aromatic carbocycles. The summed E-state index contributed by atoms with van der Waals surface area (Å²) in [6.45, 7) is 1.55. The zero-order valence-corrected chi connectivity index (χ0v) is 8.87. The van der Waals surface area contributed by atoms with Crippen LogP contribution in [0.15, 0.2) is 16.6 Å². The van der Waals surface area contributed by atoms with Crippen molar-refractivity contribution < 1.29 is 9.72 Å². The average molecular weight is 259 g/mol. The van der Waals surface area contributed by atoms with E-state index < -0.39 is 10.8 Å².